The second kappa shape index (κ2) is 8.50. The van der Waals surface area contributed by atoms with Gasteiger partial charge in [0.2, 0.25) is 0 Å². The monoisotopic (exact) mass is 358 g/mol. The van der Waals surface area contributed by atoms with Gasteiger partial charge in [-0.1, -0.05) is 18.6 Å². The van der Waals surface area contributed by atoms with E-state index in [0.29, 0.717) is 6.54 Å². The molecule has 1 aliphatic heterocycles. The summed E-state index contributed by atoms with van der Waals surface area (Å²) in [6, 6.07) is 9.96. The molecule has 1 N–H and O–H groups in total. The van der Waals surface area contributed by atoms with Crippen LogP contribution in [0.1, 0.15) is 33.8 Å². The van der Waals surface area contributed by atoms with Crippen LogP contribution in [-0.2, 0) is 0 Å². The molecule has 1 aromatic heterocycles. The third kappa shape index (κ3) is 4.61. The molecule has 134 valence electrons. The van der Waals surface area contributed by atoms with Crippen LogP contribution in [-0.4, -0.2) is 44.1 Å². The molecule has 25 heavy (non-hydrogen) atoms. The number of aryl methyl sites for hydroxylation is 1. The van der Waals surface area contributed by atoms with Crippen LogP contribution in [0.4, 0.5) is 0 Å². The van der Waals surface area contributed by atoms with Crippen LogP contribution in [0.25, 0.3) is 11.1 Å². The minimum Gasteiger partial charge on any atom is -0.497 e. The summed E-state index contributed by atoms with van der Waals surface area (Å²) in [5.74, 6) is 0.872. The van der Waals surface area contributed by atoms with Gasteiger partial charge in [-0.05, 0) is 62.2 Å². The number of benzene rings is 1. The van der Waals surface area contributed by atoms with Gasteiger partial charge in [-0.2, -0.15) is 0 Å². The van der Waals surface area contributed by atoms with E-state index in [0.717, 1.165) is 46.3 Å². The fraction of sp³-hybridized carbons (Fsp3) is 0.450. The van der Waals surface area contributed by atoms with Crippen molar-refractivity contribution in [1.82, 2.24) is 10.2 Å². The highest BCUT2D eigenvalue weighted by molar-refractivity contribution is 7.14. The quantitative estimate of drug-likeness (QED) is 0.850. The molecular formula is C20H26N2O2S. The van der Waals surface area contributed by atoms with E-state index in [2.05, 4.69) is 17.1 Å². The minimum absolute atomic E-state index is 0.0323. The van der Waals surface area contributed by atoms with Crippen LogP contribution in [0.5, 0.6) is 5.75 Å². The Morgan fingerprint density at radius 3 is 2.60 bits per heavy atom. The van der Waals surface area contributed by atoms with Crippen LogP contribution in [0, 0.1) is 6.92 Å². The highest BCUT2D eigenvalue weighted by Gasteiger charge is 2.14. The summed E-state index contributed by atoms with van der Waals surface area (Å²) in [6.45, 7) is 6.05. The predicted molar refractivity (Wildman–Crippen MR) is 104 cm³/mol. The summed E-state index contributed by atoms with van der Waals surface area (Å²) in [4.78, 5) is 16.8. The summed E-state index contributed by atoms with van der Waals surface area (Å²) < 4.78 is 5.21. The third-order valence-electron chi connectivity index (χ3n) is 4.70. The normalized spacial score (nSPS) is 15.1. The number of nitrogens with one attached hydrogen (secondary N) is 1. The maximum Gasteiger partial charge on any atom is 0.261 e. The Balaban J connectivity index is 1.59. The van der Waals surface area contributed by atoms with E-state index < -0.39 is 0 Å². The number of methoxy groups -OCH3 is 1. The van der Waals surface area contributed by atoms with Crippen molar-refractivity contribution >= 4 is 17.2 Å². The molecular weight excluding hydrogens is 332 g/mol. The molecule has 1 aromatic carbocycles. The number of hydrogen-bond donors (Lipinski definition) is 1. The number of nitrogens with zero attached hydrogens (tertiary/aromatic N) is 1. The first-order chi connectivity index (χ1) is 12.2. The Morgan fingerprint density at radius 2 is 1.92 bits per heavy atom. The van der Waals surface area contributed by atoms with Gasteiger partial charge in [0, 0.05) is 18.0 Å². The molecule has 1 amide bonds. The standard InChI is InChI=1S/C20H26N2O2S/c1-15-18(16-6-8-17(24-2)9-7-16)14-19(25-15)20(23)21-10-13-22-11-4-3-5-12-22/h6-9,14H,3-5,10-13H2,1-2H3,(H,21,23). The minimum atomic E-state index is 0.0323. The molecule has 0 aliphatic carbocycles. The molecule has 5 heteroatoms. The van der Waals surface area contributed by atoms with Crippen LogP contribution in [0.3, 0.4) is 0 Å². The Morgan fingerprint density at radius 1 is 1.20 bits per heavy atom. The van der Waals surface area contributed by atoms with Gasteiger partial charge in [-0.15, -0.1) is 11.3 Å². The molecule has 0 bridgehead atoms. The molecule has 0 radical (unpaired) electrons. The van der Waals surface area contributed by atoms with Crippen LogP contribution >= 0.6 is 11.3 Å². The van der Waals surface area contributed by atoms with E-state index in [1.54, 1.807) is 18.4 Å². The Bertz CT molecular complexity index is 703. The zero-order chi connectivity index (χ0) is 17.6. The summed E-state index contributed by atoms with van der Waals surface area (Å²) in [7, 11) is 1.66. The lowest BCUT2D eigenvalue weighted by molar-refractivity contribution is 0.0950. The molecule has 0 spiro atoms. The van der Waals surface area contributed by atoms with Gasteiger partial charge < -0.3 is 15.0 Å². The van der Waals surface area contributed by atoms with Crippen molar-refractivity contribution in [3.63, 3.8) is 0 Å². The first-order valence-electron chi connectivity index (χ1n) is 8.93. The van der Waals surface area contributed by atoms with E-state index >= 15 is 0 Å². The fourth-order valence-corrected chi connectivity index (χ4v) is 4.21. The lowest BCUT2D eigenvalue weighted by atomic mass is 10.1. The van der Waals surface area contributed by atoms with Gasteiger partial charge in [-0.25, -0.2) is 0 Å². The summed E-state index contributed by atoms with van der Waals surface area (Å²) >= 11 is 1.56. The number of amides is 1. The lowest BCUT2D eigenvalue weighted by Crippen LogP contribution is -2.37. The van der Waals surface area contributed by atoms with E-state index in [9.17, 15) is 4.79 Å². The lowest BCUT2D eigenvalue weighted by Gasteiger charge is -2.26. The van der Waals surface area contributed by atoms with Crippen molar-refractivity contribution in [3.8, 4) is 16.9 Å². The summed E-state index contributed by atoms with van der Waals surface area (Å²) in [6.07, 6.45) is 3.90. The van der Waals surface area contributed by atoms with E-state index in [-0.39, 0.29) is 5.91 Å². The number of ether oxygens (including phenoxy) is 1. The molecule has 0 unspecified atom stereocenters. The number of hydrogen-bond acceptors (Lipinski definition) is 4. The zero-order valence-electron chi connectivity index (χ0n) is 15.0. The average Bonchev–Trinajstić information content (AvgIpc) is 3.04. The highest BCUT2D eigenvalue weighted by Crippen LogP contribution is 2.31. The van der Waals surface area contributed by atoms with E-state index in [1.807, 2.05) is 30.3 Å². The molecule has 2 heterocycles. The van der Waals surface area contributed by atoms with Crippen molar-refractivity contribution in [1.29, 1.82) is 0 Å². The second-order valence-corrected chi connectivity index (χ2v) is 7.72. The number of likely N-dealkylation sites (tertiary alicyclic amines) is 1. The van der Waals surface area contributed by atoms with Crippen LogP contribution in [0.2, 0.25) is 0 Å². The molecule has 1 fully saturated rings. The van der Waals surface area contributed by atoms with Crippen molar-refractivity contribution < 1.29 is 9.53 Å². The number of piperidine rings is 1. The van der Waals surface area contributed by atoms with Crippen molar-refractivity contribution in [2.24, 2.45) is 0 Å². The number of carbonyl (C=O) groups is 1. The molecule has 1 saturated heterocycles. The predicted octanol–water partition coefficient (Wildman–Crippen LogP) is 3.95. The maximum atomic E-state index is 12.4. The summed E-state index contributed by atoms with van der Waals surface area (Å²) in [5, 5.41) is 3.07. The average molecular weight is 359 g/mol. The fourth-order valence-electron chi connectivity index (χ4n) is 3.25. The molecule has 0 atom stereocenters. The Labute approximate surface area is 153 Å². The molecule has 0 saturated carbocycles. The highest BCUT2D eigenvalue weighted by atomic mass is 32.1. The number of thiophene rings is 1. The molecule has 1 aliphatic rings. The molecule has 3 rings (SSSR count). The maximum absolute atomic E-state index is 12.4. The van der Waals surface area contributed by atoms with Gasteiger partial charge in [0.1, 0.15) is 5.75 Å². The van der Waals surface area contributed by atoms with Gasteiger partial charge in [-0.3, -0.25) is 4.79 Å². The molecule has 4 nitrogen and oxygen atoms in total. The van der Waals surface area contributed by atoms with Gasteiger partial charge >= 0.3 is 0 Å². The van der Waals surface area contributed by atoms with Gasteiger partial charge in [0.05, 0.1) is 12.0 Å². The first-order valence-corrected chi connectivity index (χ1v) is 9.74. The van der Waals surface area contributed by atoms with Crippen molar-refractivity contribution in [2.45, 2.75) is 26.2 Å². The largest absolute Gasteiger partial charge is 0.497 e. The van der Waals surface area contributed by atoms with Crippen molar-refractivity contribution in [2.75, 3.05) is 33.3 Å². The van der Waals surface area contributed by atoms with Crippen molar-refractivity contribution in [3.05, 3.63) is 40.1 Å². The van der Waals surface area contributed by atoms with Crippen LogP contribution < -0.4 is 10.1 Å². The SMILES string of the molecule is COc1ccc(-c2cc(C(=O)NCCN3CCCCC3)sc2C)cc1. The Hall–Kier alpha value is -1.85. The van der Waals surface area contributed by atoms with E-state index in [1.165, 1.54) is 19.3 Å². The number of carbonyl (C=O) groups excluding carboxylic acids is 1. The topological polar surface area (TPSA) is 41.6 Å². The molecule has 2 aromatic rings. The van der Waals surface area contributed by atoms with Crippen LogP contribution in [0.15, 0.2) is 30.3 Å². The Kier molecular flexibility index (Phi) is 6.10. The van der Waals surface area contributed by atoms with Gasteiger partial charge in [0.25, 0.3) is 5.91 Å². The smallest absolute Gasteiger partial charge is 0.261 e. The first kappa shape index (κ1) is 18.0. The summed E-state index contributed by atoms with van der Waals surface area (Å²) in [5.41, 5.74) is 2.23. The van der Waals surface area contributed by atoms with Gasteiger partial charge in [0.15, 0.2) is 0 Å². The number of rotatable bonds is 6. The third-order valence-corrected chi connectivity index (χ3v) is 5.75. The zero-order valence-corrected chi connectivity index (χ0v) is 15.8. The second-order valence-electron chi connectivity index (χ2n) is 6.47. The van der Waals surface area contributed by atoms with E-state index in [4.69, 9.17) is 4.74 Å².